The summed E-state index contributed by atoms with van der Waals surface area (Å²) in [6, 6.07) is 43.9. The van der Waals surface area contributed by atoms with Gasteiger partial charge in [-0.15, -0.1) is 0 Å². The smallest absolute Gasteiger partial charge is 0.146 e. The standard InChI is InChI=1S/C63H54FN3O/c64-57-33-32-55-54-17-10-18-56(62(54)68-63(55)61(57)53-30-28-50(29-31-53)49-11-4-1-5-12-49)60-36-27-45(42-67-60)21-24-48-38-46(22-19-43-25-34-58(65-40-43)51-13-6-2-7-14-51)37-47(39-48)23-20-44-26-35-59(66-41-44)52-15-8-3-9-16-52/h2-3,6-10,13-18,25-42,49H,1,4-5,11-12,19-24H2/i19D2,20D2,21D2,22D2,23D2,24D2,33D. The van der Waals surface area contributed by atoms with E-state index >= 15 is 4.39 Å². The summed E-state index contributed by atoms with van der Waals surface area (Å²) in [4.78, 5) is 13.4. The van der Waals surface area contributed by atoms with Crippen molar-refractivity contribution in [3.05, 3.63) is 233 Å². The predicted molar refractivity (Wildman–Crippen MR) is 276 cm³/mol. The minimum atomic E-state index is -3.16. The highest BCUT2D eigenvalue weighted by atomic mass is 19.1. The highest BCUT2D eigenvalue weighted by molar-refractivity contribution is 6.12. The number of hydrogen-bond donors (Lipinski definition) is 0. The molecule has 0 N–H and O–H groups in total. The zero-order valence-electron chi connectivity index (χ0n) is 50.1. The largest absolute Gasteiger partial charge is 0.455 e. The van der Waals surface area contributed by atoms with Crippen LogP contribution in [0.1, 0.15) is 94.8 Å². The molecule has 5 heteroatoms. The van der Waals surface area contributed by atoms with Crippen LogP contribution in [0, 0.1) is 5.82 Å². The lowest BCUT2D eigenvalue weighted by Crippen LogP contribution is -2.04. The van der Waals surface area contributed by atoms with Crippen molar-refractivity contribution in [3.8, 4) is 44.9 Å². The van der Waals surface area contributed by atoms with Gasteiger partial charge in [-0.2, -0.15) is 0 Å². The highest BCUT2D eigenvalue weighted by Gasteiger charge is 2.21. The van der Waals surface area contributed by atoms with Gasteiger partial charge in [-0.25, -0.2) is 4.39 Å². The van der Waals surface area contributed by atoms with Crippen LogP contribution in [0.25, 0.3) is 66.8 Å². The average molecular weight is 901 g/mol. The Kier molecular flexibility index (Phi) is 8.93. The molecule has 1 aliphatic rings. The molecule has 0 bridgehead atoms. The van der Waals surface area contributed by atoms with Crippen LogP contribution in [0.2, 0.25) is 0 Å². The first-order chi connectivity index (χ1) is 38.5. The van der Waals surface area contributed by atoms with Crippen molar-refractivity contribution in [2.45, 2.75) is 76.3 Å². The molecule has 6 aromatic carbocycles. The van der Waals surface area contributed by atoms with Crippen LogP contribution in [0.5, 0.6) is 0 Å². The molecule has 10 aromatic rings. The zero-order valence-corrected chi connectivity index (χ0v) is 37.1. The summed E-state index contributed by atoms with van der Waals surface area (Å²) in [5, 5.41) is 1.09. The van der Waals surface area contributed by atoms with Gasteiger partial charge >= 0.3 is 0 Å². The van der Waals surface area contributed by atoms with Gasteiger partial charge in [-0.1, -0.05) is 153 Å². The second-order valence-electron chi connectivity index (χ2n) is 17.0. The van der Waals surface area contributed by atoms with Crippen LogP contribution in [-0.4, -0.2) is 15.0 Å². The van der Waals surface area contributed by atoms with Crippen LogP contribution < -0.4 is 0 Å². The summed E-state index contributed by atoms with van der Waals surface area (Å²) in [5.74, 6) is -0.288. The number of rotatable bonds is 14. The van der Waals surface area contributed by atoms with Gasteiger partial charge in [0.05, 0.1) is 24.0 Å². The maximum atomic E-state index is 16.1. The Labute approximate surface area is 416 Å². The number of aryl methyl sites for hydroxylation is 6. The number of aromatic nitrogens is 3. The number of fused-ring (bicyclic) bond motifs is 3. The van der Waals surface area contributed by atoms with E-state index in [1.54, 1.807) is 18.2 Å². The van der Waals surface area contributed by atoms with Gasteiger partial charge < -0.3 is 4.42 Å². The summed E-state index contributed by atoms with van der Waals surface area (Å²) in [6.07, 6.45) is -8.94. The minimum Gasteiger partial charge on any atom is -0.455 e. The summed E-state index contributed by atoms with van der Waals surface area (Å²) in [5.41, 5.74) is 3.21. The quantitative estimate of drug-likeness (QED) is 0.109. The van der Waals surface area contributed by atoms with Gasteiger partial charge in [0, 0.05) is 62.5 Å². The van der Waals surface area contributed by atoms with E-state index in [4.69, 9.17) is 5.79 Å². The third-order valence-electron chi connectivity index (χ3n) is 12.5. The normalized spacial score (nSPS) is 17.2. The second-order valence-corrected chi connectivity index (χ2v) is 17.0. The molecule has 0 aliphatic heterocycles. The van der Waals surface area contributed by atoms with Crippen LogP contribution >= 0.6 is 0 Å². The van der Waals surface area contributed by atoms with Crippen molar-refractivity contribution in [3.63, 3.8) is 0 Å². The van der Waals surface area contributed by atoms with Gasteiger partial charge in [-0.3, -0.25) is 15.0 Å². The number of para-hydroxylation sites is 1. The molecule has 4 heterocycles. The number of pyridine rings is 3. The van der Waals surface area contributed by atoms with E-state index in [2.05, 4.69) is 15.0 Å². The number of halogens is 1. The fourth-order valence-electron chi connectivity index (χ4n) is 8.99. The van der Waals surface area contributed by atoms with Crippen LogP contribution in [-0.2, 0) is 38.2 Å². The SMILES string of the molecule is [2H]c1cc2c(oc3c(-c4ccc(C([2H])([2H])C([2H])([2H])c5cc(C([2H])([2H])C([2H])([2H])c6ccc(-c7ccccc7)nc6)cc(C([2H])([2H])C([2H])([2H])c6ccc(-c7ccccc7)nc6)c5)cn4)cccc32)c(-c2ccc(C3CCCCC3)cc2)c1F. The first-order valence-corrected chi connectivity index (χ1v) is 22.9. The predicted octanol–water partition coefficient (Wildman–Crippen LogP) is 16.0. The molecular weight excluding hydrogens is 834 g/mol. The number of benzene rings is 6. The molecule has 334 valence electrons. The second kappa shape index (κ2) is 19.8. The molecule has 4 aromatic heterocycles. The Balaban J connectivity index is 0.967. The van der Waals surface area contributed by atoms with E-state index in [-0.39, 0.29) is 39.6 Å². The van der Waals surface area contributed by atoms with Crippen molar-refractivity contribution in [2.24, 2.45) is 0 Å². The van der Waals surface area contributed by atoms with E-state index in [1.807, 2.05) is 84.9 Å². The molecule has 68 heavy (non-hydrogen) atoms. The molecule has 1 fully saturated rings. The molecule has 0 atom stereocenters. The monoisotopic (exact) mass is 901 g/mol. The molecule has 0 saturated heterocycles. The fraction of sp³-hybridized carbons (Fsp3) is 0.190. The van der Waals surface area contributed by atoms with Crippen LogP contribution in [0.3, 0.4) is 0 Å². The minimum absolute atomic E-state index is 0.151. The average Bonchev–Trinajstić information content (AvgIpc) is 3.90. The Morgan fingerprint density at radius 1 is 0.471 bits per heavy atom. The van der Waals surface area contributed by atoms with Crippen LogP contribution in [0.4, 0.5) is 4.39 Å². The maximum Gasteiger partial charge on any atom is 0.146 e. The topological polar surface area (TPSA) is 51.8 Å². The highest BCUT2D eigenvalue weighted by Crippen LogP contribution is 2.41. The molecule has 1 aliphatic carbocycles. The lowest BCUT2D eigenvalue weighted by Gasteiger charge is -2.22. The molecule has 11 rings (SSSR count). The van der Waals surface area contributed by atoms with Crippen LogP contribution in [0.15, 0.2) is 193 Å². The van der Waals surface area contributed by atoms with E-state index in [9.17, 15) is 16.4 Å². The van der Waals surface area contributed by atoms with E-state index in [0.717, 1.165) is 48.4 Å². The summed E-state index contributed by atoms with van der Waals surface area (Å²) in [7, 11) is 0. The Bertz CT molecular complexity index is 3800. The van der Waals surface area contributed by atoms with Crippen molar-refractivity contribution >= 4 is 21.9 Å². The maximum absolute atomic E-state index is 16.1. The Morgan fingerprint density at radius 3 is 1.49 bits per heavy atom. The molecule has 0 radical (unpaired) electrons. The van der Waals surface area contributed by atoms with Crippen molar-refractivity contribution in [1.29, 1.82) is 0 Å². The van der Waals surface area contributed by atoms with Crippen molar-refractivity contribution < 1.29 is 26.6 Å². The van der Waals surface area contributed by atoms with Gasteiger partial charge in [-0.05, 0) is 138 Å². The summed E-state index contributed by atoms with van der Waals surface area (Å²) >= 11 is 0. The lowest BCUT2D eigenvalue weighted by molar-refractivity contribution is 0.443. The summed E-state index contributed by atoms with van der Waals surface area (Å²) < 4.78 is 144. The first kappa shape index (κ1) is 30.7. The van der Waals surface area contributed by atoms with Gasteiger partial charge in [0.2, 0.25) is 0 Å². The van der Waals surface area contributed by atoms with Gasteiger partial charge in [0.1, 0.15) is 17.0 Å². The zero-order chi connectivity index (χ0) is 57.3. The first-order valence-electron chi connectivity index (χ1n) is 29.4. The third kappa shape index (κ3) is 9.52. The Morgan fingerprint density at radius 2 is 0.971 bits per heavy atom. The molecule has 0 amide bonds. The molecular formula is C63H54FN3O. The molecule has 1 saturated carbocycles. The fourth-order valence-corrected chi connectivity index (χ4v) is 8.99. The molecule has 4 nitrogen and oxygen atoms in total. The van der Waals surface area contributed by atoms with E-state index in [0.29, 0.717) is 44.8 Å². The molecule has 0 unspecified atom stereocenters. The van der Waals surface area contributed by atoms with Crippen molar-refractivity contribution in [1.82, 2.24) is 15.0 Å². The Hall–Kier alpha value is -7.50. The van der Waals surface area contributed by atoms with Gasteiger partial charge in [0.25, 0.3) is 0 Å². The third-order valence-corrected chi connectivity index (χ3v) is 12.5. The number of nitrogens with zero attached hydrogens (tertiary/aromatic N) is 3. The number of hydrogen-bond acceptors (Lipinski definition) is 4. The van der Waals surface area contributed by atoms with E-state index < -0.39 is 60.7 Å². The number of furan rings is 1. The molecule has 0 spiro atoms. The van der Waals surface area contributed by atoms with Gasteiger partial charge in [0.15, 0.2) is 0 Å². The lowest BCUT2D eigenvalue weighted by atomic mass is 9.83. The summed E-state index contributed by atoms with van der Waals surface area (Å²) in [6.45, 7) is 0. The van der Waals surface area contributed by atoms with E-state index in [1.165, 1.54) is 79.7 Å². The van der Waals surface area contributed by atoms with Crippen molar-refractivity contribution in [2.75, 3.05) is 0 Å².